The lowest BCUT2D eigenvalue weighted by molar-refractivity contribution is 0.709. The number of nitriles is 4. The van der Waals surface area contributed by atoms with Crippen molar-refractivity contribution in [2.45, 2.75) is 33.4 Å². The molecule has 0 N–H and O–H groups in total. The molecule has 0 fully saturated rings. The van der Waals surface area contributed by atoms with E-state index in [1.54, 1.807) is 12.2 Å². The molecule has 214 valence electrons. The maximum Gasteiger partial charge on any atom is 0.130 e. The van der Waals surface area contributed by atoms with Gasteiger partial charge in [-0.05, 0) is 53.1 Å². The number of allylic oxidation sites excluding steroid dienone is 2. The molecule has 0 aliphatic rings. The Labute approximate surface area is 262 Å². The first-order valence-electron chi connectivity index (χ1n) is 14.5. The Kier molecular flexibility index (Phi) is 9.32. The highest BCUT2D eigenvalue weighted by Gasteiger charge is 2.18. The van der Waals surface area contributed by atoms with E-state index < -0.39 is 0 Å². The van der Waals surface area contributed by atoms with Crippen LogP contribution in [-0.2, 0) is 13.1 Å². The highest BCUT2D eigenvalue weighted by molar-refractivity contribution is 7.99. The number of aryl methyl sites for hydroxylation is 2. The van der Waals surface area contributed by atoms with Crippen molar-refractivity contribution in [3.8, 4) is 46.7 Å². The Morgan fingerprint density at radius 2 is 1.39 bits per heavy atom. The Bertz CT molecular complexity index is 2050. The fourth-order valence-electron chi connectivity index (χ4n) is 5.65. The monoisotopic (exact) mass is 590 g/mol. The van der Waals surface area contributed by atoms with Crippen LogP contribution in [0.5, 0.6) is 0 Å². The number of para-hydroxylation sites is 1. The summed E-state index contributed by atoms with van der Waals surface area (Å²) in [5.41, 5.74) is 8.13. The van der Waals surface area contributed by atoms with Crippen molar-refractivity contribution in [1.29, 1.82) is 21.0 Å². The Morgan fingerprint density at radius 3 is 2.07 bits per heavy atom. The van der Waals surface area contributed by atoms with Gasteiger partial charge in [0.1, 0.15) is 35.4 Å². The van der Waals surface area contributed by atoms with Crippen molar-refractivity contribution < 1.29 is 0 Å². The molecule has 0 saturated carbocycles. The van der Waals surface area contributed by atoms with Crippen molar-refractivity contribution in [2.24, 2.45) is 0 Å². The van der Waals surface area contributed by atoms with Crippen LogP contribution in [0.4, 0.5) is 0 Å². The molecular formula is C37H30N6S. The predicted molar refractivity (Wildman–Crippen MR) is 180 cm³/mol. The van der Waals surface area contributed by atoms with E-state index in [1.165, 1.54) is 0 Å². The number of aromatic nitrogens is 2. The molecule has 0 unspecified atom stereocenters. The molecule has 2 heterocycles. The largest absolute Gasteiger partial charge is 0.346 e. The second kappa shape index (κ2) is 13.7. The van der Waals surface area contributed by atoms with Gasteiger partial charge in [0, 0.05) is 58.0 Å². The molecule has 0 atom stereocenters. The zero-order chi connectivity index (χ0) is 31.1. The Balaban J connectivity index is 1.62. The van der Waals surface area contributed by atoms with E-state index in [0.717, 1.165) is 86.3 Å². The van der Waals surface area contributed by atoms with Gasteiger partial charge in [-0.1, -0.05) is 68.4 Å². The third-order valence-corrected chi connectivity index (χ3v) is 8.49. The molecule has 5 rings (SSSR count). The summed E-state index contributed by atoms with van der Waals surface area (Å²) in [6.45, 7) is 5.92. The summed E-state index contributed by atoms with van der Waals surface area (Å²) in [6.07, 6.45) is 6.33. The third-order valence-electron chi connectivity index (χ3n) is 7.61. The quantitative estimate of drug-likeness (QED) is 0.119. The summed E-state index contributed by atoms with van der Waals surface area (Å²) in [4.78, 5) is 0. The van der Waals surface area contributed by atoms with Crippen molar-refractivity contribution >= 4 is 45.7 Å². The number of fused-ring (bicyclic) bond motifs is 2. The van der Waals surface area contributed by atoms with Crippen LogP contribution in [0.2, 0.25) is 0 Å². The lowest BCUT2D eigenvalue weighted by Crippen LogP contribution is -2.00. The molecule has 5 aromatic rings. The minimum atomic E-state index is 0.0711. The minimum Gasteiger partial charge on any atom is -0.346 e. The van der Waals surface area contributed by atoms with Gasteiger partial charge in [0.15, 0.2) is 0 Å². The zero-order valence-corrected chi connectivity index (χ0v) is 25.5. The number of nitrogens with zero attached hydrogens (tertiary/aromatic N) is 6. The zero-order valence-electron chi connectivity index (χ0n) is 24.7. The van der Waals surface area contributed by atoms with Gasteiger partial charge in [-0.15, -0.1) is 0 Å². The topological polar surface area (TPSA) is 105 Å². The summed E-state index contributed by atoms with van der Waals surface area (Å²) in [7, 11) is 0. The van der Waals surface area contributed by atoms with Crippen molar-refractivity contribution in [3.05, 3.63) is 95.2 Å². The van der Waals surface area contributed by atoms with E-state index in [1.807, 2.05) is 60.4 Å². The Morgan fingerprint density at radius 1 is 0.727 bits per heavy atom. The first-order chi connectivity index (χ1) is 21.6. The molecule has 0 saturated heterocycles. The first-order valence-corrected chi connectivity index (χ1v) is 15.7. The lowest BCUT2D eigenvalue weighted by Gasteiger charge is -2.12. The highest BCUT2D eigenvalue weighted by Crippen LogP contribution is 2.37. The van der Waals surface area contributed by atoms with Crippen LogP contribution in [0.25, 0.3) is 56.3 Å². The van der Waals surface area contributed by atoms with E-state index in [-0.39, 0.29) is 11.1 Å². The van der Waals surface area contributed by atoms with E-state index >= 15 is 0 Å². The minimum absolute atomic E-state index is 0.0711. The van der Waals surface area contributed by atoms with E-state index in [4.69, 9.17) is 0 Å². The highest BCUT2D eigenvalue weighted by atomic mass is 32.2. The molecule has 0 spiro atoms. The summed E-state index contributed by atoms with van der Waals surface area (Å²) in [5, 5.41) is 39.7. The SMILES string of the molecule is CCCn1c(-c2ccc(-c3ccc4c(C=C(C#N)C#N)cn(CCSCC)c4c3)cc2)c(C=C(C#N)C#N)c2ccccc21. The van der Waals surface area contributed by atoms with Crippen LogP contribution in [0, 0.1) is 45.3 Å². The van der Waals surface area contributed by atoms with Crippen molar-refractivity contribution in [1.82, 2.24) is 9.13 Å². The second-order valence-corrected chi connectivity index (χ2v) is 11.7. The lowest BCUT2D eigenvalue weighted by atomic mass is 9.98. The standard InChI is InChI=1S/C37H30N6S/c1-3-15-43-35-8-6-5-7-33(35)34(19-27(23-40)24-41)37(43)29-11-9-28(10-12-29)30-13-14-32-31(18-26(21-38)22-39)25-42(36(32)20-30)16-17-44-4-2/h5-14,18-20,25H,3-4,15-17H2,1-2H3. The van der Waals surface area contributed by atoms with Crippen LogP contribution in [0.3, 0.4) is 0 Å². The van der Waals surface area contributed by atoms with Crippen LogP contribution < -0.4 is 0 Å². The first kappa shape index (κ1) is 30.0. The molecule has 7 heteroatoms. The summed E-state index contributed by atoms with van der Waals surface area (Å²) < 4.78 is 4.49. The molecule has 2 aromatic heterocycles. The molecule has 0 bridgehead atoms. The summed E-state index contributed by atoms with van der Waals surface area (Å²) >= 11 is 1.87. The molecule has 3 aromatic carbocycles. The van der Waals surface area contributed by atoms with Gasteiger partial charge in [-0.25, -0.2) is 0 Å². The fraction of sp³-hybridized carbons (Fsp3) is 0.189. The molecular weight excluding hydrogens is 561 g/mol. The summed E-state index contributed by atoms with van der Waals surface area (Å²) in [6, 6.07) is 30.8. The van der Waals surface area contributed by atoms with E-state index in [9.17, 15) is 21.0 Å². The van der Waals surface area contributed by atoms with Gasteiger partial charge in [0.05, 0.1) is 5.69 Å². The van der Waals surface area contributed by atoms with Gasteiger partial charge in [0.25, 0.3) is 0 Å². The number of rotatable bonds is 10. The smallest absolute Gasteiger partial charge is 0.130 e. The van der Waals surface area contributed by atoms with Gasteiger partial charge < -0.3 is 9.13 Å². The van der Waals surface area contributed by atoms with Crippen LogP contribution in [-0.4, -0.2) is 20.6 Å². The fourth-order valence-corrected chi connectivity index (χ4v) is 6.26. The molecule has 0 aliphatic carbocycles. The van der Waals surface area contributed by atoms with E-state index in [2.05, 4.69) is 71.5 Å². The van der Waals surface area contributed by atoms with Crippen LogP contribution >= 0.6 is 11.8 Å². The van der Waals surface area contributed by atoms with Gasteiger partial charge >= 0.3 is 0 Å². The molecule has 0 aliphatic heterocycles. The number of thioether (sulfide) groups is 1. The average Bonchev–Trinajstić information content (AvgIpc) is 3.56. The van der Waals surface area contributed by atoms with Crippen LogP contribution in [0.1, 0.15) is 31.4 Å². The predicted octanol–water partition coefficient (Wildman–Crippen LogP) is 8.95. The van der Waals surface area contributed by atoms with Gasteiger partial charge in [-0.2, -0.15) is 32.8 Å². The molecule has 0 amide bonds. The number of hydrogen-bond acceptors (Lipinski definition) is 5. The van der Waals surface area contributed by atoms with E-state index in [0.29, 0.717) is 0 Å². The molecule has 44 heavy (non-hydrogen) atoms. The number of benzene rings is 3. The Hall–Kier alpha value is -5.47. The third kappa shape index (κ3) is 5.88. The normalized spacial score (nSPS) is 10.5. The van der Waals surface area contributed by atoms with Crippen LogP contribution in [0.15, 0.2) is 84.1 Å². The van der Waals surface area contributed by atoms with Gasteiger partial charge in [0.2, 0.25) is 0 Å². The average molecular weight is 591 g/mol. The van der Waals surface area contributed by atoms with Gasteiger partial charge in [-0.3, -0.25) is 0 Å². The van der Waals surface area contributed by atoms with Crippen molar-refractivity contribution in [3.63, 3.8) is 0 Å². The second-order valence-electron chi connectivity index (χ2n) is 10.3. The van der Waals surface area contributed by atoms with Crippen molar-refractivity contribution in [2.75, 3.05) is 11.5 Å². The molecule has 6 nitrogen and oxygen atoms in total. The summed E-state index contributed by atoms with van der Waals surface area (Å²) in [5.74, 6) is 2.01. The number of hydrogen-bond donors (Lipinski definition) is 0. The maximum atomic E-state index is 9.54. The maximum absolute atomic E-state index is 9.54. The molecule has 0 radical (unpaired) electrons.